The van der Waals surface area contributed by atoms with Gasteiger partial charge in [-0.15, -0.1) is 0 Å². The minimum atomic E-state index is -1.37. The Bertz CT molecular complexity index is 1010. The van der Waals surface area contributed by atoms with Crippen molar-refractivity contribution in [3.05, 3.63) is 106 Å². The number of hydrogen-bond donors (Lipinski definition) is 1. The maximum atomic E-state index is 14.1. The fraction of sp³-hybridized carbons (Fsp3) is 0.269. The Morgan fingerprint density at radius 1 is 1.03 bits per heavy atom. The highest BCUT2D eigenvalue weighted by atomic mass is 79.9. The number of β-amino-alcohol motifs (C(OH)–C–C–N with tert-alkyl or cyclic N) is 1. The normalized spacial score (nSPS) is 16.4. The van der Waals surface area contributed by atoms with Crippen LogP contribution in [0.1, 0.15) is 35.6 Å². The number of ether oxygens (including phenoxy) is 1. The molecule has 1 N–H and O–H groups in total. The van der Waals surface area contributed by atoms with E-state index in [4.69, 9.17) is 4.74 Å². The van der Waals surface area contributed by atoms with Crippen LogP contribution in [0, 0.1) is 5.82 Å². The Balaban J connectivity index is 1.66. The predicted octanol–water partition coefficient (Wildman–Crippen LogP) is 5.07. The molecule has 1 atom stereocenters. The van der Waals surface area contributed by atoms with Crippen molar-refractivity contribution in [3.8, 4) is 0 Å². The fourth-order valence-electron chi connectivity index (χ4n) is 4.54. The van der Waals surface area contributed by atoms with Gasteiger partial charge >= 0.3 is 5.97 Å². The van der Waals surface area contributed by atoms with Crippen LogP contribution in [0.15, 0.2) is 83.3 Å². The lowest BCUT2D eigenvalue weighted by atomic mass is 9.75. The number of nitrogens with zero attached hydrogens (tertiary/aromatic N) is 1. The molecule has 4 nitrogen and oxygen atoms in total. The standard InChI is InChI=1S/C26H25BrFNO3/c1-2-32-25(30)23(20-13-21(27)15-22(28)14-20)26(31)16-29(17-26)24(18-9-5-3-6-10-18)19-11-7-4-8-12-19/h3-15,23-24,31H,2,16-17H2,1H3. The summed E-state index contributed by atoms with van der Waals surface area (Å²) >= 11 is 3.29. The van der Waals surface area contributed by atoms with Crippen molar-refractivity contribution in [1.82, 2.24) is 4.90 Å². The van der Waals surface area contributed by atoms with Crippen LogP contribution >= 0.6 is 15.9 Å². The lowest BCUT2D eigenvalue weighted by Gasteiger charge is -2.53. The first-order chi connectivity index (χ1) is 15.4. The van der Waals surface area contributed by atoms with Gasteiger partial charge in [0.1, 0.15) is 17.3 Å². The van der Waals surface area contributed by atoms with Crippen LogP contribution in [0.25, 0.3) is 0 Å². The van der Waals surface area contributed by atoms with Crippen LogP contribution in [0.3, 0.4) is 0 Å². The highest BCUT2D eigenvalue weighted by molar-refractivity contribution is 9.10. The van der Waals surface area contributed by atoms with Crippen molar-refractivity contribution >= 4 is 21.9 Å². The fourth-order valence-corrected chi connectivity index (χ4v) is 5.02. The van der Waals surface area contributed by atoms with E-state index >= 15 is 0 Å². The molecule has 0 saturated carbocycles. The summed E-state index contributed by atoms with van der Waals surface area (Å²) in [6, 6.07) is 24.3. The Hall–Kier alpha value is -2.54. The average Bonchev–Trinajstić information content (AvgIpc) is 2.74. The predicted molar refractivity (Wildman–Crippen MR) is 125 cm³/mol. The van der Waals surface area contributed by atoms with E-state index in [9.17, 15) is 14.3 Å². The van der Waals surface area contributed by atoms with Crippen molar-refractivity contribution in [2.24, 2.45) is 0 Å². The van der Waals surface area contributed by atoms with Gasteiger partial charge < -0.3 is 9.84 Å². The zero-order valence-corrected chi connectivity index (χ0v) is 19.3. The molecule has 4 rings (SSSR count). The molecule has 32 heavy (non-hydrogen) atoms. The second kappa shape index (κ2) is 9.53. The highest BCUT2D eigenvalue weighted by Crippen LogP contribution is 2.43. The summed E-state index contributed by atoms with van der Waals surface area (Å²) in [6.45, 7) is 2.40. The summed E-state index contributed by atoms with van der Waals surface area (Å²) < 4.78 is 19.9. The molecule has 6 heteroatoms. The molecule has 1 aliphatic heterocycles. The van der Waals surface area contributed by atoms with Crippen LogP contribution in [0.2, 0.25) is 0 Å². The van der Waals surface area contributed by atoms with E-state index in [1.54, 1.807) is 13.0 Å². The maximum Gasteiger partial charge on any atom is 0.316 e. The maximum absolute atomic E-state index is 14.1. The summed E-state index contributed by atoms with van der Waals surface area (Å²) in [5.74, 6) is -2.02. The van der Waals surface area contributed by atoms with Crippen molar-refractivity contribution in [3.63, 3.8) is 0 Å². The van der Waals surface area contributed by atoms with Gasteiger partial charge in [-0.05, 0) is 41.8 Å². The molecule has 0 spiro atoms. The molecule has 0 aliphatic carbocycles. The number of likely N-dealkylation sites (tertiary alicyclic amines) is 1. The molecule has 1 saturated heterocycles. The zero-order valence-electron chi connectivity index (χ0n) is 17.7. The Kier molecular flexibility index (Phi) is 6.74. The molecule has 1 fully saturated rings. The average molecular weight is 498 g/mol. The second-order valence-corrected chi connectivity index (χ2v) is 9.04. The summed E-state index contributed by atoms with van der Waals surface area (Å²) in [4.78, 5) is 15.0. The first-order valence-electron chi connectivity index (χ1n) is 10.6. The van der Waals surface area contributed by atoms with Crippen LogP contribution in [-0.4, -0.2) is 41.3 Å². The van der Waals surface area contributed by atoms with Gasteiger partial charge in [-0.3, -0.25) is 9.69 Å². The third-order valence-electron chi connectivity index (χ3n) is 5.83. The molecule has 3 aromatic rings. The van der Waals surface area contributed by atoms with Crippen LogP contribution in [0.4, 0.5) is 4.39 Å². The van der Waals surface area contributed by atoms with E-state index in [0.717, 1.165) is 11.1 Å². The van der Waals surface area contributed by atoms with E-state index in [1.165, 1.54) is 12.1 Å². The molecule has 0 bridgehead atoms. The van der Waals surface area contributed by atoms with Crippen molar-refractivity contribution in [1.29, 1.82) is 0 Å². The topological polar surface area (TPSA) is 49.8 Å². The number of hydrogen-bond acceptors (Lipinski definition) is 4. The van der Waals surface area contributed by atoms with Gasteiger partial charge in [0.25, 0.3) is 0 Å². The third kappa shape index (κ3) is 4.63. The van der Waals surface area contributed by atoms with Gasteiger partial charge in [0.2, 0.25) is 0 Å². The SMILES string of the molecule is CCOC(=O)C(c1cc(F)cc(Br)c1)C1(O)CN(C(c2ccccc2)c2ccccc2)C1. The monoisotopic (exact) mass is 497 g/mol. The van der Waals surface area contributed by atoms with E-state index in [0.29, 0.717) is 10.0 Å². The number of esters is 1. The Morgan fingerprint density at radius 2 is 1.59 bits per heavy atom. The Labute approximate surface area is 195 Å². The van der Waals surface area contributed by atoms with E-state index < -0.39 is 23.3 Å². The minimum Gasteiger partial charge on any atom is -0.465 e. The zero-order chi connectivity index (χ0) is 22.7. The molecule has 1 heterocycles. The van der Waals surface area contributed by atoms with Gasteiger partial charge in [-0.1, -0.05) is 76.6 Å². The lowest BCUT2D eigenvalue weighted by Crippen LogP contribution is -2.66. The molecule has 0 amide bonds. The van der Waals surface area contributed by atoms with Crippen molar-refractivity contribution in [2.75, 3.05) is 19.7 Å². The second-order valence-electron chi connectivity index (χ2n) is 8.12. The number of rotatable bonds is 7. The summed E-state index contributed by atoms with van der Waals surface area (Å²) in [6.07, 6.45) is 0. The first-order valence-corrected chi connectivity index (χ1v) is 11.4. The first kappa shape index (κ1) is 22.6. The summed E-state index contributed by atoms with van der Waals surface area (Å²) in [5.41, 5.74) is 1.22. The lowest BCUT2D eigenvalue weighted by molar-refractivity contribution is -0.168. The van der Waals surface area contributed by atoms with Crippen molar-refractivity contribution < 1.29 is 19.0 Å². The van der Waals surface area contributed by atoms with Crippen LogP contribution < -0.4 is 0 Å². The summed E-state index contributed by atoms with van der Waals surface area (Å²) in [5, 5.41) is 11.5. The van der Waals surface area contributed by atoms with E-state index in [-0.39, 0.29) is 25.7 Å². The number of aliphatic hydroxyl groups is 1. The van der Waals surface area contributed by atoms with Gasteiger partial charge in [0.05, 0.1) is 12.6 Å². The van der Waals surface area contributed by atoms with Gasteiger partial charge in [0.15, 0.2) is 0 Å². The van der Waals surface area contributed by atoms with E-state index in [2.05, 4.69) is 45.1 Å². The molecule has 1 unspecified atom stereocenters. The van der Waals surface area contributed by atoms with Crippen LogP contribution in [0.5, 0.6) is 0 Å². The quantitative estimate of drug-likeness (QED) is 0.463. The number of benzene rings is 3. The molecule has 0 aromatic heterocycles. The largest absolute Gasteiger partial charge is 0.465 e. The van der Waals surface area contributed by atoms with Gasteiger partial charge in [-0.2, -0.15) is 0 Å². The van der Waals surface area contributed by atoms with Gasteiger partial charge in [0, 0.05) is 17.6 Å². The van der Waals surface area contributed by atoms with E-state index in [1.807, 2.05) is 36.4 Å². The molecule has 3 aromatic carbocycles. The molecule has 1 aliphatic rings. The third-order valence-corrected chi connectivity index (χ3v) is 6.29. The summed E-state index contributed by atoms with van der Waals surface area (Å²) in [7, 11) is 0. The number of carbonyl (C=O) groups is 1. The Morgan fingerprint density at radius 3 is 2.09 bits per heavy atom. The van der Waals surface area contributed by atoms with Crippen LogP contribution in [-0.2, 0) is 9.53 Å². The minimum absolute atomic E-state index is 0.0697. The smallest absolute Gasteiger partial charge is 0.316 e. The van der Waals surface area contributed by atoms with Gasteiger partial charge in [-0.25, -0.2) is 4.39 Å². The number of halogens is 2. The molecular weight excluding hydrogens is 473 g/mol. The van der Waals surface area contributed by atoms with Crippen molar-refractivity contribution in [2.45, 2.75) is 24.5 Å². The molecule has 0 radical (unpaired) electrons. The molecule has 166 valence electrons. The highest BCUT2D eigenvalue weighted by Gasteiger charge is 2.54. The molecular formula is C26H25BrFNO3. The number of carbonyl (C=O) groups excluding carboxylic acids is 1.